The van der Waals surface area contributed by atoms with Crippen molar-refractivity contribution in [2.45, 2.75) is 26.8 Å². The van der Waals surface area contributed by atoms with E-state index in [1.54, 1.807) is 14.2 Å². The van der Waals surface area contributed by atoms with Crippen molar-refractivity contribution in [1.29, 1.82) is 0 Å². The van der Waals surface area contributed by atoms with Crippen LogP contribution in [0.2, 0.25) is 0 Å². The van der Waals surface area contributed by atoms with E-state index in [2.05, 4.69) is 56.7 Å². The Bertz CT molecular complexity index is 1200. The number of nitrogens with one attached hydrogen (secondary N) is 2. The Morgan fingerprint density at radius 2 is 1.77 bits per heavy atom. The van der Waals surface area contributed by atoms with Gasteiger partial charge in [-0.15, -0.1) is 0 Å². The van der Waals surface area contributed by atoms with Gasteiger partial charge in [0, 0.05) is 28.8 Å². The van der Waals surface area contributed by atoms with Gasteiger partial charge in [-0.3, -0.25) is 5.10 Å². The summed E-state index contributed by atoms with van der Waals surface area (Å²) in [6.07, 6.45) is 1.85. The molecule has 1 atom stereocenters. The molecular weight excluding hydrogens is 378 g/mol. The van der Waals surface area contributed by atoms with Crippen molar-refractivity contribution >= 4 is 16.7 Å². The van der Waals surface area contributed by atoms with Crippen LogP contribution in [0.1, 0.15) is 30.0 Å². The summed E-state index contributed by atoms with van der Waals surface area (Å²) in [5, 5.41) is 11.6. The highest BCUT2D eigenvalue weighted by molar-refractivity contribution is 5.92. The van der Waals surface area contributed by atoms with E-state index >= 15 is 0 Å². The molecule has 0 aliphatic heterocycles. The molecule has 0 bridgehead atoms. The van der Waals surface area contributed by atoms with E-state index in [9.17, 15) is 0 Å². The first-order chi connectivity index (χ1) is 14.5. The quantitative estimate of drug-likeness (QED) is 0.480. The van der Waals surface area contributed by atoms with Crippen LogP contribution in [0.15, 0.2) is 42.6 Å². The van der Waals surface area contributed by atoms with Crippen LogP contribution in [0, 0.1) is 13.8 Å². The summed E-state index contributed by atoms with van der Waals surface area (Å²) in [6.45, 7) is 6.02. The van der Waals surface area contributed by atoms with E-state index in [-0.39, 0.29) is 6.04 Å². The number of anilines is 1. The normalized spacial score (nSPS) is 12.0. The van der Waals surface area contributed by atoms with Gasteiger partial charge >= 0.3 is 0 Å². The fraction of sp³-hybridized carbons (Fsp3) is 0.261. The Kier molecular flexibility index (Phi) is 5.27. The lowest BCUT2D eigenvalue weighted by Crippen LogP contribution is -2.10. The molecule has 0 aliphatic carbocycles. The Hall–Kier alpha value is -3.61. The van der Waals surface area contributed by atoms with Gasteiger partial charge in [-0.25, -0.2) is 9.97 Å². The van der Waals surface area contributed by atoms with Gasteiger partial charge in [-0.05, 0) is 44.0 Å². The van der Waals surface area contributed by atoms with Crippen LogP contribution in [0.25, 0.3) is 22.0 Å². The van der Waals surface area contributed by atoms with E-state index < -0.39 is 0 Å². The highest BCUT2D eigenvalue weighted by Crippen LogP contribution is 2.35. The number of H-pyrrole nitrogens is 1. The van der Waals surface area contributed by atoms with Crippen molar-refractivity contribution in [3.8, 4) is 22.6 Å². The monoisotopic (exact) mass is 403 g/mol. The van der Waals surface area contributed by atoms with E-state index in [0.29, 0.717) is 17.3 Å². The zero-order valence-electron chi connectivity index (χ0n) is 17.8. The smallest absolute Gasteiger partial charge is 0.162 e. The average molecular weight is 403 g/mol. The van der Waals surface area contributed by atoms with Crippen LogP contribution in [0.5, 0.6) is 11.5 Å². The number of fused-ring (bicyclic) bond motifs is 1. The number of hydrogen-bond acceptors (Lipinski definition) is 6. The van der Waals surface area contributed by atoms with Crippen LogP contribution in [-0.2, 0) is 0 Å². The largest absolute Gasteiger partial charge is 0.493 e. The molecule has 2 aromatic heterocycles. The molecule has 30 heavy (non-hydrogen) atoms. The third-order valence-corrected chi connectivity index (χ3v) is 5.19. The molecule has 2 heterocycles. The van der Waals surface area contributed by atoms with Crippen LogP contribution in [0.4, 0.5) is 5.82 Å². The number of rotatable bonds is 6. The Labute approximate surface area is 175 Å². The third kappa shape index (κ3) is 3.66. The molecule has 2 aromatic carbocycles. The molecule has 154 valence electrons. The SMILES string of the molecule is COc1cc2nc(C)nc(N[C@H](C)c3cccc(-c4cn[nH]c4C)c3)c2cc1OC. The van der Waals surface area contributed by atoms with Gasteiger partial charge in [0.1, 0.15) is 11.6 Å². The van der Waals surface area contributed by atoms with Gasteiger partial charge in [0.15, 0.2) is 11.5 Å². The lowest BCUT2D eigenvalue weighted by molar-refractivity contribution is 0.356. The summed E-state index contributed by atoms with van der Waals surface area (Å²) in [5.74, 6) is 2.74. The molecule has 4 rings (SSSR count). The number of ether oxygens (including phenoxy) is 2. The van der Waals surface area contributed by atoms with Crippen molar-refractivity contribution in [2.75, 3.05) is 19.5 Å². The highest BCUT2D eigenvalue weighted by Gasteiger charge is 2.15. The van der Waals surface area contributed by atoms with Crippen molar-refractivity contribution in [3.05, 3.63) is 59.7 Å². The van der Waals surface area contributed by atoms with Gasteiger partial charge in [0.25, 0.3) is 0 Å². The first-order valence-electron chi connectivity index (χ1n) is 9.77. The summed E-state index contributed by atoms with van der Waals surface area (Å²) in [4.78, 5) is 9.21. The van der Waals surface area contributed by atoms with Crippen molar-refractivity contribution in [1.82, 2.24) is 20.2 Å². The number of methoxy groups -OCH3 is 2. The molecule has 0 saturated heterocycles. The molecule has 4 aromatic rings. The number of nitrogens with zero attached hydrogens (tertiary/aromatic N) is 3. The average Bonchev–Trinajstić information content (AvgIpc) is 3.18. The van der Waals surface area contributed by atoms with Crippen LogP contribution < -0.4 is 14.8 Å². The molecule has 7 heteroatoms. The van der Waals surface area contributed by atoms with Crippen LogP contribution in [-0.4, -0.2) is 34.4 Å². The van der Waals surface area contributed by atoms with Gasteiger partial charge in [-0.2, -0.15) is 5.10 Å². The van der Waals surface area contributed by atoms with Crippen LogP contribution >= 0.6 is 0 Å². The molecule has 0 aliphatic rings. The lowest BCUT2D eigenvalue weighted by atomic mass is 10.0. The zero-order valence-corrected chi connectivity index (χ0v) is 17.8. The van der Waals surface area contributed by atoms with Crippen molar-refractivity contribution < 1.29 is 9.47 Å². The lowest BCUT2D eigenvalue weighted by Gasteiger charge is -2.18. The van der Waals surface area contributed by atoms with Crippen molar-refractivity contribution in [3.63, 3.8) is 0 Å². The minimum absolute atomic E-state index is 0.0303. The predicted molar refractivity (Wildman–Crippen MR) is 118 cm³/mol. The minimum atomic E-state index is 0.0303. The molecule has 7 nitrogen and oxygen atoms in total. The summed E-state index contributed by atoms with van der Waals surface area (Å²) in [7, 11) is 3.24. The first-order valence-corrected chi connectivity index (χ1v) is 9.77. The Morgan fingerprint density at radius 1 is 1.00 bits per heavy atom. The summed E-state index contributed by atoms with van der Waals surface area (Å²) < 4.78 is 10.9. The Morgan fingerprint density at radius 3 is 2.47 bits per heavy atom. The zero-order chi connectivity index (χ0) is 21.3. The predicted octanol–water partition coefficient (Wildman–Crippen LogP) is 4.83. The van der Waals surface area contributed by atoms with Gasteiger partial charge in [-0.1, -0.05) is 18.2 Å². The summed E-state index contributed by atoms with van der Waals surface area (Å²) in [5.41, 5.74) is 5.23. The molecule has 0 fully saturated rings. The number of aryl methyl sites for hydroxylation is 2. The van der Waals surface area contributed by atoms with Crippen LogP contribution in [0.3, 0.4) is 0 Å². The topological polar surface area (TPSA) is 85.0 Å². The summed E-state index contributed by atoms with van der Waals surface area (Å²) in [6, 6.07) is 12.3. The summed E-state index contributed by atoms with van der Waals surface area (Å²) >= 11 is 0. The maximum absolute atomic E-state index is 5.47. The van der Waals surface area contributed by atoms with E-state index in [1.165, 1.54) is 0 Å². The molecule has 2 N–H and O–H groups in total. The van der Waals surface area contributed by atoms with Gasteiger partial charge < -0.3 is 14.8 Å². The van der Waals surface area contributed by atoms with E-state index in [1.807, 2.05) is 32.2 Å². The van der Waals surface area contributed by atoms with Gasteiger partial charge in [0.2, 0.25) is 0 Å². The number of benzene rings is 2. The molecule has 0 amide bonds. The minimum Gasteiger partial charge on any atom is -0.493 e. The molecule has 0 unspecified atom stereocenters. The molecule has 0 radical (unpaired) electrons. The van der Waals surface area contributed by atoms with Gasteiger partial charge in [0.05, 0.1) is 25.9 Å². The van der Waals surface area contributed by atoms with Crippen molar-refractivity contribution in [2.24, 2.45) is 0 Å². The fourth-order valence-corrected chi connectivity index (χ4v) is 3.59. The highest BCUT2D eigenvalue weighted by atomic mass is 16.5. The maximum Gasteiger partial charge on any atom is 0.162 e. The van der Waals surface area contributed by atoms with E-state index in [4.69, 9.17) is 9.47 Å². The molecular formula is C23H25N5O2. The second-order valence-electron chi connectivity index (χ2n) is 7.24. The third-order valence-electron chi connectivity index (χ3n) is 5.19. The fourth-order valence-electron chi connectivity index (χ4n) is 3.59. The molecule has 0 spiro atoms. The first kappa shape index (κ1) is 19.7. The number of aromatic amines is 1. The number of hydrogen-bond donors (Lipinski definition) is 2. The standard InChI is InChI=1S/C23H25N5O2/c1-13(16-7-6-8-17(9-16)19-12-24-28-14(19)2)25-23-18-10-21(29-4)22(30-5)11-20(18)26-15(3)27-23/h6-13H,1-5H3,(H,24,28)(H,25,26,27)/t13-/m1/s1. The number of aromatic nitrogens is 4. The molecule has 0 saturated carbocycles. The second kappa shape index (κ2) is 8.02. The second-order valence-corrected chi connectivity index (χ2v) is 7.24. The maximum atomic E-state index is 5.47. The van der Waals surface area contributed by atoms with E-state index in [0.717, 1.165) is 39.1 Å². The Balaban J connectivity index is 1.71.